The molecule has 15 heteroatoms. The van der Waals surface area contributed by atoms with E-state index in [-0.39, 0.29) is 29.3 Å². The van der Waals surface area contributed by atoms with Gasteiger partial charge in [-0.15, -0.1) is 0 Å². The fourth-order valence-corrected chi connectivity index (χ4v) is 8.20. The standard InChI is InChI=1S/C25H34N2O4.C12H24N6O3/c1-26-14-11-25-16-18(31-24(28)27-12-5-4-6-13-27)8-9-19(25)20(26)15-17-7-10-21(29-2)23(30-3)22(17)25;1-7(17-8(2)19)10(20)18-9(11(21)15-3)5-4-6-16-12(13)14/h7-8,10,19-20H,4-6,9,11-16H2,1-3H3;7,9H,4-6H2,1-3H3,(H,15,21)(H,17,19)(H,18,20)(H4,13,14,16)/t;7-,9?/m.0/s1. The Morgan fingerprint density at radius 3 is 2.40 bits per heavy atom. The lowest BCUT2D eigenvalue weighted by Gasteiger charge is -2.57. The highest BCUT2D eigenvalue weighted by Gasteiger charge is 2.55. The molecule has 52 heavy (non-hydrogen) atoms. The van der Waals surface area contributed by atoms with Gasteiger partial charge in [0, 0.05) is 57.0 Å². The minimum absolute atomic E-state index is 0.0187. The number of hydrogen-bond acceptors (Lipinski definition) is 9. The zero-order valence-corrected chi connectivity index (χ0v) is 31.6. The highest BCUT2D eigenvalue weighted by Crippen LogP contribution is 2.59. The largest absolute Gasteiger partial charge is 0.493 e. The third-order valence-corrected chi connectivity index (χ3v) is 10.8. The molecular weight excluding hydrogens is 668 g/mol. The summed E-state index contributed by atoms with van der Waals surface area (Å²) in [6, 6.07) is 3.31. The molecule has 0 spiro atoms. The third kappa shape index (κ3) is 9.46. The van der Waals surface area contributed by atoms with Crippen molar-refractivity contribution in [1.82, 2.24) is 25.8 Å². The lowest BCUT2D eigenvalue weighted by molar-refractivity contribution is -0.131. The number of rotatable bonds is 11. The first-order chi connectivity index (χ1) is 24.8. The Labute approximate surface area is 307 Å². The number of benzene rings is 1. The zero-order valence-electron chi connectivity index (χ0n) is 31.6. The number of fused-ring (bicyclic) bond motifs is 1. The molecule has 2 fully saturated rings. The van der Waals surface area contributed by atoms with Gasteiger partial charge in [-0.05, 0) is 95.5 Å². The number of methoxy groups -OCH3 is 2. The summed E-state index contributed by atoms with van der Waals surface area (Å²) in [7, 11) is 7.16. The molecule has 2 aliphatic heterocycles. The van der Waals surface area contributed by atoms with Gasteiger partial charge < -0.3 is 51.4 Å². The van der Waals surface area contributed by atoms with Crippen LogP contribution >= 0.6 is 0 Å². The van der Waals surface area contributed by atoms with Gasteiger partial charge in [0.25, 0.3) is 0 Å². The number of hydrogen-bond donors (Lipinski definition) is 5. The molecule has 1 aromatic carbocycles. The van der Waals surface area contributed by atoms with Crippen molar-refractivity contribution in [2.24, 2.45) is 22.4 Å². The number of carbonyl (C=O) groups excluding carboxylic acids is 4. The van der Waals surface area contributed by atoms with Gasteiger partial charge in [0.05, 0.1) is 14.2 Å². The van der Waals surface area contributed by atoms with E-state index in [1.54, 1.807) is 14.2 Å². The number of amides is 4. The molecule has 0 radical (unpaired) electrons. The monoisotopic (exact) mass is 726 g/mol. The van der Waals surface area contributed by atoms with E-state index in [1.807, 2.05) is 11.0 Å². The lowest BCUT2D eigenvalue weighted by atomic mass is 9.53. The maximum atomic E-state index is 12.8. The van der Waals surface area contributed by atoms with Crippen molar-refractivity contribution in [3.05, 3.63) is 35.1 Å². The van der Waals surface area contributed by atoms with Crippen molar-refractivity contribution >= 4 is 29.8 Å². The fraction of sp³-hybridized carbons (Fsp3) is 0.649. The number of nitrogens with zero attached hydrogens (tertiary/aromatic N) is 3. The average molecular weight is 727 g/mol. The number of allylic oxidation sites excluding steroid dienone is 2. The first-order valence-corrected chi connectivity index (χ1v) is 18.3. The smallest absolute Gasteiger partial charge is 0.414 e. The summed E-state index contributed by atoms with van der Waals surface area (Å²) < 4.78 is 17.6. The van der Waals surface area contributed by atoms with E-state index in [0.29, 0.717) is 31.3 Å². The molecule has 5 rings (SSSR count). The molecule has 5 atom stereocenters. The van der Waals surface area contributed by atoms with E-state index in [2.05, 4.69) is 45.0 Å². The van der Waals surface area contributed by atoms with Crippen LogP contribution in [0.25, 0.3) is 0 Å². The Hall–Kier alpha value is -4.53. The van der Waals surface area contributed by atoms with Crippen molar-refractivity contribution in [2.45, 2.75) is 95.2 Å². The molecule has 2 bridgehead atoms. The van der Waals surface area contributed by atoms with Crippen LogP contribution in [0.3, 0.4) is 0 Å². The summed E-state index contributed by atoms with van der Waals surface area (Å²) in [5.41, 5.74) is 12.9. The van der Waals surface area contributed by atoms with Gasteiger partial charge in [0.2, 0.25) is 17.7 Å². The van der Waals surface area contributed by atoms with E-state index in [0.717, 1.165) is 75.4 Å². The average Bonchev–Trinajstić information content (AvgIpc) is 3.13. The Morgan fingerprint density at radius 1 is 1.04 bits per heavy atom. The molecule has 7 N–H and O–H groups in total. The maximum absolute atomic E-state index is 12.8. The van der Waals surface area contributed by atoms with E-state index in [9.17, 15) is 19.2 Å². The number of likely N-dealkylation sites (tertiary alicyclic amines) is 2. The minimum Gasteiger partial charge on any atom is -0.493 e. The predicted octanol–water partition coefficient (Wildman–Crippen LogP) is 1.91. The minimum atomic E-state index is -0.715. The number of ether oxygens (including phenoxy) is 3. The second-order valence-electron chi connectivity index (χ2n) is 14.1. The highest BCUT2D eigenvalue weighted by molar-refractivity contribution is 5.91. The predicted molar refractivity (Wildman–Crippen MR) is 198 cm³/mol. The Morgan fingerprint density at radius 2 is 1.77 bits per heavy atom. The van der Waals surface area contributed by atoms with Crippen LogP contribution in [-0.4, -0.2) is 112 Å². The van der Waals surface area contributed by atoms with Crippen LogP contribution in [0.5, 0.6) is 11.5 Å². The van der Waals surface area contributed by atoms with Gasteiger partial charge in [-0.25, -0.2) is 4.79 Å². The summed E-state index contributed by atoms with van der Waals surface area (Å²) in [6.07, 6.45) is 9.97. The van der Waals surface area contributed by atoms with Crippen molar-refractivity contribution in [3.8, 4) is 11.5 Å². The number of piperidine rings is 2. The summed E-state index contributed by atoms with van der Waals surface area (Å²) in [4.78, 5) is 55.5. The summed E-state index contributed by atoms with van der Waals surface area (Å²) >= 11 is 0. The first-order valence-electron chi connectivity index (χ1n) is 18.3. The van der Waals surface area contributed by atoms with Gasteiger partial charge in [0.1, 0.15) is 17.8 Å². The number of likely N-dealkylation sites (N-methyl/N-ethyl adjacent to an activating group) is 2. The van der Waals surface area contributed by atoms with E-state index in [4.69, 9.17) is 25.7 Å². The van der Waals surface area contributed by atoms with Gasteiger partial charge >= 0.3 is 6.09 Å². The third-order valence-electron chi connectivity index (χ3n) is 10.8. The topological polar surface area (TPSA) is 203 Å². The molecule has 0 saturated carbocycles. The molecule has 4 aliphatic rings. The summed E-state index contributed by atoms with van der Waals surface area (Å²) in [5.74, 6) is 1.87. The van der Waals surface area contributed by atoms with Gasteiger partial charge in [0.15, 0.2) is 17.5 Å². The van der Waals surface area contributed by atoms with Crippen molar-refractivity contribution < 1.29 is 33.4 Å². The molecule has 288 valence electrons. The molecule has 2 aliphatic carbocycles. The molecule has 4 amide bonds. The molecule has 2 heterocycles. The van der Waals surface area contributed by atoms with Gasteiger partial charge in [-0.2, -0.15) is 0 Å². The van der Waals surface area contributed by atoms with Crippen LogP contribution < -0.4 is 36.9 Å². The Bertz CT molecular complexity index is 1510. The molecule has 4 unspecified atom stereocenters. The fourth-order valence-electron chi connectivity index (χ4n) is 8.20. The van der Waals surface area contributed by atoms with Crippen LogP contribution in [0.15, 0.2) is 29.0 Å². The van der Waals surface area contributed by atoms with Crippen molar-refractivity contribution in [3.63, 3.8) is 0 Å². The number of guanidine groups is 1. The van der Waals surface area contributed by atoms with Crippen LogP contribution in [0.2, 0.25) is 0 Å². The number of carbonyl (C=O) groups is 4. The van der Waals surface area contributed by atoms with Gasteiger partial charge in [-0.3, -0.25) is 19.4 Å². The number of aliphatic imine (C=N–C) groups is 1. The lowest BCUT2D eigenvalue weighted by Crippen LogP contribution is -2.59. The second kappa shape index (κ2) is 18.3. The first kappa shape index (κ1) is 40.2. The Kier molecular flexibility index (Phi) is 14.2. The van der Waals surface area contributed by atoms with Crippen LogP contribution in [0, 0.1) is 5.92 Å². The number of nitrogens with two attached hydrogens (primary N) is 2. The molecule has 15 nitrogen and oxygen atoms in total. The van der Waals surface area contributed by atoms with Crippen LogP contribution in [0.1, 0.15) is 76.3 Å². The molecule has 1 aromatic rings. The van der Waals surface area contributed by atoms with Crippen molar-refractivity contribution in [1.29, 1.82) is 0 Å². The molecule has 2 saturated heterocycles. The highest BCUT2D eigenvalue weighted by atomic mass is 16.6. The summed E-state index contributed by atoms with van der Waals surface area (Å²) in [6.45, 7) is 5.87. The number of nitrogens with one attached hydrogen (secondary N) is 3. The summed E-state index contributed by atoms with van der Waals surface area (Å²) in [5, 5.41) is 7.51. The van der Waals surface area contributed by atoms with Crippen molar-refractivity contribution in [2.75, 3.05) is 54.5 Å². The molecular formula is C37H58N8O7. The second-order valence-corrected chi connectivity index (χ2v) is 14.1. The maximum Gasteiger partial charge on any atom is 0.414 e. The molecule has 0 aromatic heterocycles. The quantitative estimate of drug-likeness (QED) is 0.127. The van der Waals surface area contributed by atoms with E-state index >= 15 is 0 Å². The SMILES string of the molecule is CNC(=O)C(CCCN=C(N)N)NC(=O)[C@H](C)NC(C)=O.COc1ccc2c(c1OC)C13CCN(C)C(C2)C1CC=C(OC(=O)N1CCCCC1)C3. The zero-order chi connectivity index (χ0) is 38.0. The van der Waals surface area contributed by atoms with Gasteiger partial charge in [-0.1, -0.05) is 6.07 Å². The van der Waals surface area contributed by atoms with Crippen LogP contribution in [0.4, 0.5) is 4.79 Å². The Balaban J connectivity index is 0.000000254. The normalized spacial score (nSPS) is 23.0. The van der Waals surface area contributed by atoms with E-state index in [1.165, 1.54) is 38.4 Å². The van der Waals surface area contributed by atoms with E-state index < -0.39 is 18.0 Å². The van der Waals surface area contributed by atoms with Crippen LogP contribution in [-0.2, 0) is 31.0 Å².